The maximum Gasteiger partial charge on any atom is 0.276 e. The maximum atomic E-state index is 12.7. The van der Waals surface area contributed by atoms with Crippen LogP contribution in [0.25, 0.3) is 0 Å². The van der Waals surface area contributed by atoms with Crippen LogP contribution in [0, 0.1) is 0 Å². The van der Waals surface area contributed by atoms with E-state index in [1.165, 1.54) is 32.0 Å². The molecule has 0 radical (unpaired) electrons. The molecule has 3 rings (SSSR count). The van der Waals surface area contributed by atoms with Crippen molar-refractivity contribution in [3.05, 3.63) is 48.4 Å². The average Bonchev–Trinajstić information content (AvgIpc) is 2.91. The number of para-hydroxylation sites is 1. The Balaban J connectivity index is 1.80. The minimum Gasteiger partial charge on any atom is -0.357 e. The molecule has 1 saturated heterocycles. The summed E-state index contributed by atoms with van der Waals surface area (Å²) in [7, 11) is 1.77. The Bertz CT molecular complexity index is 651. The highest BCUT2D eigenvalue weighted by atomic mass is 16.2. The van der Waals surface area contributed by atoms with Crippen LogP contribution in [0.1, 0.15) is 36.2 Å². The Morgan fingerprint density at radius 3 is 2.43 bits per heavy atom. The van der Waals surface area contributed by atoms with Gasteiger partial charge in [0.15, 0.2) is 0 Å². The van der Waals surface area contributed by atoms with Crippen LogP contribution in [0.2, 0.25) is 0 Å². The standard InChI is InChI=1S/C18H22N4O/c1-21(15-9-5-4-6-10-15)18(23)16-13-17(20-14-19-16)22-11-7-2-3-8-12-22/h4-6,9-10,13-14H,2-3,7-8,11-12H2,1H3. The number of nitrogens with zero attached hydrogens (tertiary/aromatic N) is 4. The van der Waals surface area contributed by atoms with Crippen LogP contribution >= 0.6 is 0 Å². The first-order valence-electron chi connectivity index (χ1n) is 8.16. The molecule has 1 fully saturated rings. The van der Waals surface area contributed by atoms with E-state index in [-0.39, 0.29) is 5.91 Å². The lowest BCUT2D eigenvalue weighted by Gasteiger charge is -2.22. The van der Waals surface area contributed by atoms with Crippen molar-refractivity contribution in [1.82, 2.24) is 9.97 Å². The van der Waals surface area contributed by atoms with Gasteiger partial charge < -0.3 is 9.80 Å². The molecule has 0 atom stereocenters. The lowest BCUT2D eigenvalue weighted by Crippen LogP contribution is -2.29. The zero-order valence-corrected chi connectivity index (χ0v) is 13.5. The highest BCUT2D eigenvalue weighted by Gasteiger charge is 2.18. The molecule has 0 unspecified atom stereocenters. The van der Waals surface area contributed by atoms with Gasteiger partial charge in [-0.15, -0.1) is 0 Å². The molecule has 1 aromatic heterocycles. The second-order valence-electron chi connectivity index (χ2n) is 5.86. The van der Waals surface area contributed by atoms with Gasteiger partial charge in [0.25, 0.3) is 5.91 Å². The number of aromatic nitrogens is 2. The van der Waals surface area contributed by atoms with Crippen LogP contribution in [-0.4, -0.2) is 36.0 Å². The summed E-state index contributed by atoms with van der Waals surface area (Å²) < 4.78 is 0. The molecule has 1 aromatic carbocycles. The minimum absolute atomic E-state index is 0.116. The highest BCUT2D eigenvalue weighted by Crippen LogP contribution is 2.19. The molecule has 0 spiro atoms. The van der Waals surface area contributed by atoms with Crippen LogP contribution in [0.5, 0.6) is 0 Å². The number of carbonyl (C=O) groups excluding carboxylic acids is 1. The summed E-state index contributed by atoms with van der Waals surface area (Å²) in [4.78, 5) is 25.1. The summed E-state index contributed by atoms with van der Waals surface area (Å²) in [6.07, 6.45) is 6.38. The van der Waals surface area contributed by atoms with Crippen LogP contribution in [0.4, 0.5) is 11.5 Å². The van der Waals surface area contributed by atoms with Crippen molar-refractivity contribution in [3.63, 3.8) is 0 Å². The molecular formula is C18H22N4O. The van der Waals surface area contributed by atoms with Gasteiger partial charge in [-0.25, -0.2) is 9.97 Å². The summed E-state index contributed by atoms with van der Waals surface area (Å²) in [6.45, 7) is 2.00. The van der Waals surface area contributed by atoms with Gasteiger partial charge in [-0.3, -0.25) is 4.79 Å². The number of hydrogen-bond acceptors (Lipinski definition) is 4. The fourth-order valence-corrected chi connectivity index (χ4v) is 2.88. The lowest BCUT2D eigenvalue weighted by atomic mass is 10.2. The molecular weight excluding hydrogens is 288 g/mol. The molecule has 0 N–H and O–H groups in total. The van der Waals surface area contributed by atoms with Gasteiger partial charge in [-0.2, -0.15) is 0 Å². The highest BCUT2D eigenvalue weighted by molar-refractivity contribution is 6.04. The van der Waals surface area contributed by atoms with Crippen LogP contribution in [0.3, 0.4) is 0 Å². The Hall–Kier alpha value is -2.43. The maximum absolute atomic E-state index is 12.7. The first kappa shape index (κ1) is 15.5. The van der Waals surface area contributed by atoms with E-state index in [2.05, 4.69) is 14.9 Å². The van der Waals surface area contributed by atoms with E-state index in [4.69, 9.17) is 0 Å². The van der Waals surface area contributed by atoms with Gasteiger partial charge in [-0.05, 0) is 25.0 Å². The molecule has 2 heterocycles. The quantitative estimate of drug-likeness (QED) is 0.874. The average molecular weight is 310 g/mol. The number of hydrogen-bond donors (Lipinski definition) is 0. The molecule has 5 heteroatoms. The van der Waals surface area contributed by atoms with Gasteiger partial charge in [0.1, 0.15) is 17.8 Å². The topological polar surface area (TPSA) is 49.3 Å². The summed E-state index contributed by atoms with van der Waals surface area (Å²) in [6, 6.07) is 11.4. The van der Waals surface area contributed by atoms with E-state index in [0.717, 1.165) is 24.6 Å². The zero-order chi connectivity index (χ0) is 16.1. The zero-order valence-electron chi connectivity index (χ0n) is 13.5. The lowest BCUT2D eigenvalue weighted by molar-refractivity contribution is 0.0988. The smallest absolute Gasteiger partial charge is 0.276 e. The predicted molar refractivity (Wildman–Crippen MR) is 91.9 cm³/mol. The Morgan fingerprint density at radius 2 is 1.74 bits per heavy atom. The molecule has 1 aliphatic heterocycles. The van der Waals surface area contributed by atoms with Crippen molar-refractivity contribution in [3.8, 4) is 0 Å². The monoisotopic (exact) mass is 310 g/mol. The molecule has 5 nitrogen and oxygen atoms in total. The third-order valence-corrected chi connectivity index (χ3v) is 4.25. The fraction of sp³-hybridized carbons (Fsp3) is 0.389. The molecule has 2 aromatic rings. The predicted octanol–water partition coefficient (Wildman–Crippen LogP) is 3.13. The molecule has 23 heavy (non-hydrogen) atoms. The van der Waals surface area contributed by atoms with Gasteiger partial charge in [-0.1, -0.05) is 31.0 Å². The largest absolute Gasteiger partial charge is 0.357 e. The second-order valence-corrected chi connectivity index (χ2v) is 5.86. The van der Waals surface area contributed by atoms with Crippen LogP contribution in [0.15, 0.2) is 42.7 Å². The van der Waals surface area contributed by atoms with Crippen molar-refractivity contribution >= 4 is 17.4 Å². The van der Waals surface area contributed by atoms with Crippen molar-refractivity contribution < 1.29 is 4.79 Å². The molecule has 120 valence electrons. The van der Waals surface area contributed by atoms with E-state index in [0.29, 0.717) is 5.69 Å². The number of carbonyl (C=O) groups is 1. The molecule has 0 saturated carbocycles. The van der Waals surface area contributed by atoms with E-state index in [1.54, 1.807) is 11.9 Å². The summed E-state index contributed by atoms with van der Waals surface area (Å²) in [5, 5.41) is 0. The molecule has 0 aliphatic carbocycles. The van der Waals surface area contributed by atoms with Crippen molar-refractivity contribution in [1.29, 1.82) is 0 Å². The summed E-state index contributed by atoms with van der Waals surface area (Å²) in [5.74, 6) is 0.737. The van der Waals surface area contributed by atoms with E-state index < -0.39 is 0 Å². The summed E-state index contributed by atoms with van der Waals surface area (Å²) in [5.41, 5.74) is 1.29. The van der Waals surface area contributed by atoms with Crippen molar-refractivity contribution in [2.75, 3.05) is 29.9 Å². The summed E-state index contributed by atoms with van der Waals surface area (Å²) >= 11 is 0. The number of amides is 1. The fourth-order valence-electron chi connectivity index (χ4n) is 2.88. The SMILES string of the molecule is CN(C(=O)c1cc(N2CCCCCC2)ncn1)c1ccccc1. The first-order valence-corrected chi connectivity index (χ1v) is 8.16. The van der Waals surface area contributed by atoms with E-state index >= 15 is 0 Å². The molecule has 0 bridgehead atoms. The molecule has 1 aliphatic rings. The Morgan fingerprint density at radius 1 is 1.04 bits per heavy atom. The Kier molecular flexibility index (Phi) is 4.86. The van der Waals surface area contributed by atoms with Crippen molar-refractivity contribution in [2.45, 2.75) is 25.7 Å². The van der Waals surface area contributed by atoms with Gasteiger partial charge in [0.05, 0.1) is 0 Å². The van der Waals surface area contributed by atoms with Gasteiger partial charge >= 0.3 is 0 Å². The number of anilines is 2. The first-order chi connectivity index (χ1) is 11.3. The second kappa shape index (κ2) is 7.22. The van der Waals surface area contributed by atoms with Gasteiger partial charge in [0, 0.05) is 31.9 Å². The minimum atomic E-state index is -0.116. The van der Waals surface area contributed by atoms with Crippen LogP contribution < -0.4 is 9.80 Å². The van der Waals surface area contributed by atoms with Crippen LogP contribution in [-0.2, 0) is 0 Å². The van der Waals surface area contributed by atoms with Crippen molar-refractivity contribution in [2.24, 2.45) is 0 Å². The third-order valence-electron chi connectivity index (χ3n) is 4.25. The van der Waals surface area contributed by atoms with E-state index in [1.807, 2.05) is 36.4 Å². The normalized spacial score (nSPS) is 15.1. The number of benzene rings is 1. The number of rotatable bonds is 3. The Labute approximate surface area is 137 Å². The van der Waals surface area contributed by atoms with Gasteiger partial charge in [0.2, 0.25) is 0 Å². The van der Waals surface area contributed by atoms with E-state index in [9.17, 15) is 4.79 Å². The third kappa shape index (κ3) is 3.67. The molecule has 1 amide bonds.